The molecule has 8 heteroatoms. The molecule has 0 aliphatic carbocycles. The van der Waals surface area contributed by atoms with E-state index < -0.39 is 36.5 Å². The van der Waals surface area contributed by atoms with Crippen molar-refractivity contribution in [3.05, 3.63) is 0 Å². The van der Waals surface area contributed by atoms with Gasteiger partial charge < -0.3 is 21.1 Å². The Kier molecular flexibility index (Phi) is 8.47. The van der Waals surface area contributed by atoms with E-state index in [2.05, 4.69) is 5.32 Å². The molecular weight excluding hydrogens is 256 g/mol. The first-order valence-electron chi connectivity index (χ1n) is 6.01. The maximum atomic E-state index is 10.8. The minimum Gasteiger partial charge on any atom is -0.480 e. The molecule has 0 heterocycles. The van der Waals surface area contributed by atoms with E-state index in [1.54, 1.807) is 0 Å². The number of nitrogens with two attached hydrogens (primary N) is 1. The van der Waals surface area contributed by atoms with Crippen molar-refractivity contribution in [1.29, 1.82) is 0 Å². The van der Waals surface area contributed by atoms with Gasteiger partial charge in [0.05, 0.1) is 6.54 Å². The van der Waals surface area contributed by atoms with Gasteiger partial charge in [-0.15, -0.1) is 0 Å². The summed E-state index contributed by atoms with van der Waals surface area (Å²) in [6.07, 6.45) is 2.45. The minimum atomic E-state index is -1.11. The van der Waals surface area contributed by atoms with E-state index in [0.717, 1.165) is 0 Å². The van der Waals surface area contributed by atoms with Crippen LogP contribution >= 0.6 is 0 Å². The highest BCUT2D eigenvalue weighted by molar-refractivity contribution is 5.75. The van der Waals surface area contributed by atoms with Crippen molar-refractivity contribution < 1.29 is 29.7 Å². The van der Waals surface area contributed by atoms with Gasteiger partial charge in [-0.1, -0.05) is 19.3 Å². The van der Waals surface area contributed by atoms with Crippen molar-refractivity contribution in [3.63, 3.8) is 0 Å². The topological polar surface area (TPSA) is 150 Å². The molecule has 0 amide bonds. The second kappa shape index (κ2) is 9.29. The SMILES string of the molecule is NC(CCCCCC(NCC(=O)O)C(=O)O)C(=O)O. The first kappa shape index (κ1) is 17.3. The van der Waals surface area contributed by atoms with Crippen molar-refractivity contribution in [2.75, 3.05) is 6.54 Å². The highest BCUT2D eigenvalue weighted by atomic mass is 16.4. The molecule has 0 aliphatic rings. The molecule has 0 spiro atoms. The van der Waals surface area contributed by atoms with Gasteiger partial charge >= 0.3 is 17.9 Å². The lowest BCUT2D eigenvalue weighted by Crippen LogP contribution is -2.39. The predicted octanol–water partition coefficient (Wildman–Crippen LogP) is -0.524. The van der Waals surface area contributed by atoms with Crippen molar-refractivity contribution in [3.8, 4) is 0 Å². The van der Waals surface area contributed by atoms with Crippen LogP contribution in [0.4, 0.5) is 0 Å². The van der Waals surface area contributed by atoms with Gasteiger partial charge in [-0.05, 0) is 12.8 Å². The Labute approximate surface area is 110 Å². The Hall–Kier alpha value is -1.67. The lowest BCUT2D eigenvalue weighted by Gasteiger charge is -2.13. The van der Waals surface area contributed by atoms with E-state index >= 15 is 0 Å². The average Bonchev–Trinajstić information content (AvgIpc) is 2.31. The van der Waals surface area contributed by atoms with Gasteiger partial charge in [-0.25, -0.2) is 0 Å². The Balaban J connectivity index is 3.78. The summed E-state index contributed by atoms with van der Waals surface area (Å²) in [5, 5.41) is 28.3. The van der Waals surface area contributed by atoms with Crippen LogP contribution in [0, 0.1) is 0 Å². The smallest absolute Gasteiger partial charge is 0.320 e. The molecular formula is C11H20N2O6. The van der Waals surface area contributed by atoms with Crippen LogP contribution in [-0.4, -0.2) is 51.9 Å². The van der Waals surface area contributed by atoms with Gasteiger partial charge in [0.1, 0.15) is 12.1 Å². The van der Waals surface area contributed by atoms with Crippen LogP contribution in [0.3, 0.4) is 0 Å². The third kappa shape index (κ3) is 8.97. The second-order valence-electron chi connectivity index (χ2n) is 4.25. The van der Waals surface area contributed by atoms with Crippen LogP contribution < -0.4 is 11.1 Å². The summed E-state index contributed by atoms with van der Waals surface area (Å²) in [5.41, 5.74) is 5.32. The number of hydrogen-bond donors (Lipinski definition) is 5. The summed E-state index contributed by atoms with van der Waals surface area (Å²) in [7, 11) is 0. The maximum Gasteiger partial charge on any atom is 0.320 e. The van der Waals surface area contributed by atoms with Crippen LogP contribution in [0.15, 0.2) is 0 Å². The molecule has 0 saturated heterocycles. The van der Waals surface area contributed by atoms with Gasteiger partial charge in [-0.3, -0.25) is 19.7 Å². The van der Waals surface area contributed by atoms with Gasteiger partial charge in [0, 0.05) is 0 Å². The number of unbranched alkanes of at least 4 members (excludes halogenated alkanes) is 2. The Bertz CT molecular complexity index is 320. The number of aliphatic carboxylic acids is 3. The predicted molar refractivity (Wildman–Crippen MR) is 65.8 cm³/mol. The van der Waals surface area contributed by atoms with Gasteiger partial charge in [-0.2, -0.15) is 0 Å². The Morgan fingerprint density at radius 3 is 2.00 bits per heavy atom. The second-order valence-corrected chi connectivity index (χ2v) is 4.25. The van der Waals surface area contributed by atoms with Crippen molar-refractivity contribution in [1.82, 2.24) is 5.32 Å². The van der Waals surface area contributed by atoms with Crippen LogP contribution in [0.1, 0.15) is 32.1 Å². The fourth-order valence-corrected chi connectivity index (χ4v) is 1.54. The Morgan fingerprint density at radius 2 is 1.53 bits per heavy atom. The normalized spacial score (nSPS) is 13.7. The molecule has 0 fully saturated rings. The van der Waals surface area contributed by atoms with Crippen LogP contribution in [0.5, 0.6) is 0 Å². The average molecular weight is 276 g/mol. The number of rotatable bonds is 11. The summed E-state index contributed by atoms with van der Waals surface area (Å²) in [6, 6.07) is -1.79. The van der Waals surface area contributed by atoms with Gasteiger partial charge in [0.15, 0.2) is 0 Å². The first-order chi connectivity index (χ1) is 8.84. The summed E-state index contributed by atoms with van der Waals surface area (Å²) < 4.78 is 0. The molecule has 8 nitrogen and oxygen atoms in total. The molecule has 0 saturated carbocycles. The van der Waals surface area contributed by atoms with E-state index in [1.807, 2.05) is 0 Å². The van der Waals surface area contributed by atoms with E-state index in [4.69, 9.17) is 21.1 Å². The standard InChI is InChI=1S/C11H20N2O6/c12-7(10(16)17)4-2-1-3-5-8(11(18)19)13-6-9(14)15/h7-8,13H,1-6,12H2,(H,14,15)(H,16,17)(H,18,19). The monoisotopic (exact) mass is 276 g/mol. The van der Waals surface area contributed by atoms with Crippen molar-refractivity contribution >= 4 is 17.9 Å². The molecule has 110 valence electrons. The molecule has 0 aromatic rings. The van der Waals surface area contributed by atoms with Crippen LogP contribution in [0.25, 0.3) is 0 Å². The zero-order valence-corrected chi connectivity index (χ0v) is 10.5. The van der Waals surface area contributed by atoms with E-state index in [1.165, 1.54) is 0 Å². The molecule has 0 aromatic heterocycles. The molecule has 2 unspecified atom stereocenters. The lowest BCUT2D eigenvalue weighted by molar-refractivity contribution is -0.141. The highest BCUT2D eigenvalue weighted by Crippen LogP contribution is 2.07. The van der Waals surface area contributed by atoms with Crippen molar-refractivity contribution in [2.45, 2.75) is 44.2 Å². The first-order valence-corrected chi connectivity index (χ1v) is 6.01. The van der Waals surface area contributed by atoms with Gasteiger partial charge in [0.2, 0.25) is 0 Å². The van der Waals surface area contributed by atoms with Gasteiger partial charge in [0.25, 0.3) is 0 Å². The number of carboxylic acid groups (broad SMARTS) is 3. The van der Waals surface area contributed by atoms with E-state index in [-0.39, 0.29) is 0 Å². The lowest BCUT2D eigenvalue weighted by atomic mass is 10.0. The highest BCUT2D eigenvalue weighted by Gasteiger charge is 2.17. The fourth-order valence-electron chi connectivity index (χ4n) is 1.54. The van der Waals surface area contributed by atoms with Crippen molar-refractivity contribution in [2.24, 2.45) is 5.73 Å². The van der Waals surface area contributed by atoms with E-state index in [9.17, 15) is 14.4 Å². The molecule has 0 bridgehead atoms. The zero-order valence-electron chi connectivity index (χ0n) is 10.5. The largest absolute Gasteiger partial charge is 0.480 e. The number of hydrogen-bond acceptors (Lipinski definition) is 5. The third-order valence-electron chi connectivity index (χ3n) is 2.62. The summed E-state index contributed by atoms with van der Waals surface area (Å²) in [6.45, 7) is -0.402. The zero-order chi connectivity index (χ0) is 14.8. The molecule has 0 aliphatic heterocycles. The molecule has 2 atom stereocenters. The maximum absolute atomic E-state index is 10.8. The van der Waals surface area contributed by atoms with E-state index in [0.29, 0.717) is 32.1 Å². The summed E-state index contributed by atoms with van der Waals surface area (Å²) in [4.78, 5) is 31.6. The summed E-state index contributed by atoms with van der Waals surface area (Å²) >= 11 is 0. The molecule has 0 aromatic carbocycles. The third-order valence-corrected chi connectivity index (χ3v) is 2.62. The molecule has 0 radical (unpaired) electrons. The number of carboxylic acids is 3. The van der Waals surface area contributed by atoms with Crippen LogP contribution in [0.2, 0.25) is 0 Å². The molecule has 6 N–H and O–H groups in total. The number of nitrogens with one attached hydrogen (secondary N) is 1. The summed E-state index contributed by atoms with van der Waals surface area (Å²) in [5.74, 6) is -3.26. The molecule has 0 rings (SSSR count). The quantitative estimate of drug-likeness (QED) is 0.316. The molecule has 19 heavy (non-hydrogen) atoms. The minimum absolute atomic E-state index is 0.297. The fraction of sp³-hybridized carbons (Fsp3) is 0.727. The van der Waals surface area contributed by atoms with Crippen LogP contribution in [-0.2, 0) is 14.4 Å². The Morgan fingerprint density at radius 1 is 0.947 bits per heavy atom. The number of carbonyl (C=O) groups is 3.